The lowest BCUT2D eigenvalue weighted by atomic mass is 10.0. The van der Waals surface area contributed by atoms with Crippen molar-refractivity contribution in [3.63, 3.8) is 0 Å². The second-order valence-electron chi connectivity index (χ2n) is 2.83. The van der Waals surface area contributed by atoms with Crippen molar-refractivity contribution in [3.8, 4) is 0 Å². The molecule has 0 aliphatic rings. The number of benzene rings is 1. The van der Waals surface area contributed by atoms with E-state index in [-0.39, 0.29) is 6.42 Å². The van der Waals surface area contributed by atoms with Crippen molar-refractivity contribution >= 4 is 8.69 Å². The molecule has 0 saturated heterocycles. The van der Waals surface area contributed by atoms with Crippen LogP contribution in [0.3, 0.4) is 0 Å². The fourth-order valence-electron chi connectivity index (χ4n) is 1.18. The van der Waals surface area contributed by atoms with Crippen molar-refractivity contribution in [1.29, 1.82) is 0 Å². The van der Waals surface area contributed by atoms with Gasteiger partial charge in [0, 0.05) is 12.0 Å². The summed E-state index contributed by atoms with van der Waals surface area (Å²) in [5.41, 5.74) is 0.572. The van der Waals surface area contributed by atoms with Crippen LogP contribution < -0.4 is 0 Å². The summed E-state index contributed by atoms with van der Waals surface area (Å²) in [5.74, 6) is -1.52. The Balaban J connectivity index is 2.98. The van der Waals surface area contributed by atoms with Gasteiger partial charge in [0.25, 0.3) is 0 Å². The molecule has 1 rings (SSSR count). The number of hydrogen-bond acceptors (Lipinski definition) is 3. The van der Waals surface area contributed by atoms with E-state index in [1.165, 1.54) is 6.08 Å². The molecule has 0 bridgehead atoms. The minimum atomic E-state index is -1.52. The largest absolute Gasteiger partial charge is 0.497 e. The molecule has 0 saturated carbocycles. The standard InChI is InChI=1S/C10H12O3P/c1-2-8-10(11,13-14-12)9-6-4-3-5-7-9/h2-7,11,14H,1,8H2/q+1. The zero-order chi connectivity index (χ0) is 10.4. The van der Waals surface area contributed by atoms with Crippen LogP contribution in [-0.4, -0.2) is 5.11 Å². The fraction of sp³-hybridized carbons (Fsp3) is 0.200. The van der Waals surface area contributed by atoms with Gasteiger partial charge in [0.1, 0.15) is 0 Å². The Labute approximate surface area is 84.3 Å². The quantitative estimate of drug-likeness (QED) is 0.462. The lowest BCUT2D eigenvalue weighted by Crippen LogP contribution is -2.25. The van der Waals surface area contributed by atoms with Crippen molar-refractivity contribution in [2.75, 3.05) is 0 Å². The van der Waals surface area contributed by atoms with Gasteiger partial charge in [0.05, 0.1) is 0 Å². The van der Waals surface area contributed by atoms with Gasteiger partial charge in [-0.25, -0.2) is 0 Å². The van der Waals surface area contributed by atoms with Crippen molar-refractivity contribution in [2.45, 2.75) is 12.2 Å². The maximum Gasteiger partial charge on any atom is 0.497 e. The van der Waals surface area contributed by atoms with E-state index in [1.54, 1.807) is 24.3 Å². The highest BCUT2D eigenvalue weighted by Gasteiger charge is 2.33. The molecule has 0 aliphatic heterocycles. The van der Waals surface area contributed by atoms with Gasteiger partial charge in [0.2, 0.25) is 5.79 Å². The third-order valence-electron chi connectivity index (χ3n) is 1.86. The number of aliphatic hydroxyl groups is 1. The van der Waals surface area contributed by atoms with E-state index in [4.69, 9.17) is 4.52 Å². The lowest BCUT2D eigenvalue weighted by molar-refractivity contribution is -0.135. The van der Waals surface area contributed by atoms with Crippen LogP contribution in [0, 0.1) is 0 Å². The highest BCUT2D eigenvalue weighted by molar-refractivity contribution is 7.17. The van der Waals surface area contributed by atoms with Crippen LogP contribution in [-0.2, 0) is 14.9 Å². The van der Waals surface area contributed by atoms with Crippen molar-refractivity contribution in [2.24, 2.45) is 0 Å². The molecule has 2 unspecified atom stereocenters. The van der Waals surface area contributed by atoms with Gasteiger partial charge >= 0.3 is 8.69 Å². The average Bonchev–Trinajstić information content (AvgIpc) is 2.20. The second kappa shape index (κ2) is 5.01. The second-order valence-corrected chi connectivity index (χ2v) is 3.20. The van der Waals surface area contributed by atoms with E-state index in [9.17, 15) is 9.67 Å². The Bertz CT molecular complexity index is 300. The average molecular weight is 211 g/mol. The molecule has 0 fully saturated rings. The minimum absolute atomic E-state index is 0.201. The monoisotopic (exact) mass is 211 g/mol. The molecular weight excluding hydrogens is 199 g/mol. The first-order valence-corrected chi connectivity index (χ1v) is 4.98. The van der Waals surface area contributed by atoms with Gasteiger partial charge in [0.15, 0.2) is 0 Å². The molecule has 1 aromatic rings. The van der Waals surface area contributed by atoms with Gasteiger partial charge < -0.3 is 5.11 Å². The number of hydrogen-bond donors (Lipinski definition) is 1. The predicted molar refractivity (Wildman–Crippen MR) is 55.2 cm³/mol. The normalized spacial score (nSPS) is 14.9. The molecule has 0 heterocycles. The minimum Gasteiger partial charge on any atom is -0.358 e. The molecular formula is C10H12O3P+. The summed E-state index contributed by atoms with van der Waals surface area (Å²) in [6.07, 6.45) is 1.72. The van der Waals surface area contributed by atoms with Crippen LogP contribution in [0.2, 0.25) is 0 Å². The molecule has 4 heteroatoms. The first-order valence-electron chi connectivity index (χ1n) is 4.17. The Hall–Kier alpha value is -1.02. The van der Waals surface area contributed by atoms with Crippen LogP contribution in [0.15, 0.2) is 43.0 Å². The van der Waals surface area contributed by atoms with E-state index < -0.39 is 14.5 Å². The molecule has 0 aliphatic carbocycles. The summed E-state index contributed by atoms with van der Waals surface area (Å²) >= 11 is 0. The zero-order valence-corrected chi connectivity index (χ0v) is 8.64. The molecule has 1 aromatic carbocycles. The summed E-state index contributed by atoms with van der Waals surface area (Å²) in [6.45, 7) is 3.51. The SMILES string of the molecule is C=CCC(O)(O[PH+]=O)c1ccccc1. The van der Waals surface area contributed by atoms with E-state index in [0.717, 1.165) is 0 Å². The highest BCUT2D eigenvalue weighted by atomic mass is 31.1. The van der Waals surface area contributed by atoms with Crippen molar-refractivity contribution in [1.82, 2.24) is 0 Å². The maximum absolute atomic E-state index is 10.4. The summed E-state index contributed by atoms with van der Waals surface area (Å²) in [4.78, 5) is 0. The summed E-state index contributed by atoms with van der Waals surface area (Å²) in [7, 11) is -1.00. The van der Waals surface area contributed by atoms with Crippen LogP contribution in [0.5, 0.6) is 0 Å². The fourth-order valence-corrected chi connectivity index (χ4v) is 1.52. The topological polar surface area (TPSA) is 46.5 Å². The van der Waals surface area contributed by atoms with Gasteiger partial charge in [-0.15, -0.1) is 11.1 Å². The van der Waals surface area contributed by atoms with Gasteiger partial charge in [-0.2, -0.15) is 0 Å². The molecule has 0 amide bonds. The highest BCUT2D eigenvalue weighted by Crippen LogP contribution is 2.30. The Morgan fingerprint density at radius 1 is 1.50 bits per heavy atom. The van der Waals surface area contributed by atoms with Gasteiger partial charge in [-0.3, -0.25) is 0 Å². The van der Waals surface area contributed by atoms with Crippen LogP contribution in [0.1, 0.15) is 12.0 Å². The predicted octanol–water partition coefficient (Wildman–Crippen LogP) is 2.36. The van der Waals surface area contributed by atoms with Crippen LogP contribution in [0.25, 0.3) is 0 Å². The molecule has 0 spiro atoms. The van der Waals surface area contributed by atoms with E-state index in [1.807, 2.05) is 6.07 Å². The molecule has 14 heavy (non-hydrogen) atoms. The lowest BCUT2D eigenvalue weighted by Gasteiger charge is -2.19. The molecule has 0 radical (unpaired) electrons. The molecule has 2 atom stereocenters. The van der Waals surface area contributed by atoms with E-state index >= 15 is 0 Å². The third kappa shape index (κ3) is 2.48. The van der Waals surface area contributed by atoms with Crippen molar-refractivity contribution < 1.29 is 14.2 Å². The summed E-state index contributed by atoms with van der Waals surface area (Å²) in [5, 5.41) is 10.00. The molecule has 0 aromatic heterocycles. The summed E-state index contributed by atoms with van der Waals surface area (Å²) in [6, 6.07) is 8.81. The molecule has 1 N–H and O–H groups in total. The number of rotatable bonds is 5. The Kier molecular flexibility index (Phi) is 3.96. The molecule has 3 nitrogen and oxygen atoms in total. The van der Waals surface area contributed by atoms with Crippen molar-refractivity contribution in [3.05, 3.63) is 48.6 Å². The van der Waals surface area contributed by atoms with E-state index in [2.05, 4.69) is 6.58 Å². The van der Waals surface area contributed by atoms with Crippen LogP contribution >= 0.6 is 8.69 Å². The Morgan fingerprint density at radius 2 is 2.14 bits per heavy atom. The molecule has 74 valence electrons. The smallest absolute Gasteiger partial charge is 0.358 e. The van der Waals surface area contributed by atoms with Gasteiger partial charge in [-0.05, 0) is 4.57 Å². The van der Waals surface area contributed by atoms with Gasteiger partial charge in [-0.1, -0.05) is 36.4 Å². The van der Waals surface area contributed by atoms with Crippen LogP contribution in [0.4, 0.5) is 0 Å². The first-order chi connectivity index (χ1) is 6.73. The van der Waals surface area contributed by atoms with E-state index in [0.29, 0.717) is 5.56 Å². The summed E-state index contributed by atoms with van der Waals surface area (Å²) < 4.78 is 15.2. The zero-order valence-electron chi connectivity index (χ0n) is 7.64. The Morgan fingerprint density at radius 3 is 2.64 bits per heavy atom. The first kappa shape index (κ1) is 11.1. The third-order valence-corrected chi connectivity index (χ3v) is 2.28. The maximum atomic E-state index is 10.4.